The van der Waals surface area contributed by atoms with Crippen molar-refractivity contribution in [3.8, 4) is 5.75 Å². The molecule has 3 rings (SSSR count). The van der Waals surface area contributed by atoms with Crippen molar-refractivity contribution in [2.45, 2.75) is 25.7 Å². The number of methoxy groups -OCH3 is 1. The topological polar surface area (TPSA) is 62.7 Å². The van der Waals surface area contributed by atoms with E-state index in [9.17, 15) is 9.59 Å². The number of hydrogen-bond donors (Lipinski definition) is 0. The number of aromatic nitrogens is 1. The van der Waals surface area contributed by atoms with Crippen LogP contribution in [0.2, 0.25) is 0 Å². The molecule has 2 heterocycles. The maximum atomic E-state index is 12.8. The molecular formula is C22H27N3O3. The fourth-order valence-electron chi connectivity index (χ4n) is 3.58. The van der Waals surface area contributed by atoms with Gasteiger partial charge in [-0.15, -0.1) is 0 Å². The van der Waals surface area contributed by atoms with E-state index in [4.69, 9.17) is 4.74 Å². The summed E-state index contributed by atoms with van der Waals surface area (Å²) < 4.78 is 5.15. The number of ether oxygens (including phenoxy) is 1. The summed E-state index contributed by atoms with van der Waals surface area (Å²) >= 11 is 0. The van der Waals surface area contributed by atoms with Gasteiger partial charge in [0.1, 0.15) is 5.75 Å². The van der Waals surface area contributed by atoms with Crippen LogP contribution in [0.5, 0.6) is 5.75 Å². The molecule has 1 aliphatic heterocycles. The SMILES string of the molecule is COc1ccc(C(=O)N2CCC(c3nc(C)ccc3C(=O)N(C)C)CC2)cc1. The maximum absolute atomic E-state index is 12.8. The van der Waals surface area contributed by atoms with Crippen LogP contribution in [0.3, 0.4) is 0 Å². The quantitative estimate of drug-likeness (QED) is 0.816. The maximum Gasteiger partial charge on any atom is 0.255 e. The molecule has 6 nitrogen and oxygen atoms in total. The van der Waals surface area contributed by atoms with E-state index in [0.29, 0.717) is 24.2 Å². The molecule has 0 atom stereocenters. The molecule has 6 heteroatoms. The second-order valence-corrected chi connectivity index (χ2v) is 7.38. The second-order valence-electron chi connectivity index (χ2n) is 7.38. The van der Waals surface area contributed by atoms with Crippen LogP contribution in [0.25, 0.3) is 0 Å². The van der Waals surface area contributed by atoms with E-state index >= 15 is 0 Å². The number of piperidine rings is 1. The summed E-state index contributed by atoms with van der Waals surface area (Å²) in [4.78, 5) is 33.5. The summed E-state index contributed by atoms with van der Waals surface area (Å²) in [6.45, 7) is 3.25. The van der Waals surface area contributed by atoms with E-state index in [1.807, 2.05) is 24.0 Å². The molecule has 0 radical (unpaired) electrons. The van der Waals surface area contributed by atoms with Gasteiger partial charge < -0.3 is 14.5 Å². The van der Waals surface area contributed by atoms with Crippen LogP contribution >= 0.6 is 0 Å². The van der Waals surface area contributed by atoms with Gasteiger partial charge >= 0.3 is 0 Å². The number of amides is 2. The highest BCUT2D eigenvalue weighted by atomic mass is 16.5. The van der Waals surface area contributed by atoms with Crippen molar-refractivity contribution in [3.05, 3.63) is 58.9 Å². The van der Waals surface area contributed by atoms with Crippen LogP contribution in [0.4, 0.5) is 0 Å². The minimum atomic E-state index is -0.0285. The largest absolute Gasteiger partial charge is 0.497 e. The summed E-state index contributed by atoms with van der Waals surface area (Å²) in [5.41, 5.74) is 3.09. The molecular weight excluding hydrogens is 354 g/mol. The number of benzene rings is 1. The molecule has 0 aliphatic carbocycles. The highest BCUT2D eigenvalue weighted by Crippen LogP contribution is 2.30. The van der Waals surface area contributed by atoms with Crippen LogP contribution < -0.4 is 4.74 Å². The number of aryl methyl sites for hydroxylation is 1. The Labute approximate surface area is 166 Å². The van der Waals surface area contributed by atoms with Crippen LogP contribution in [-0.2, 0) is 0 Å². The molecule has 2 amide bonds. The molecule has 1 saturated heterocycles. The Morgan fingerprint density at radius 2 is 1.71 bits per heavy atom. The van der Waals surface area contributed by atoms with Crippen LogP contribution in [0, 0.1) is 6.92 Å². The van der Waals surface area contributed by atoms with Gasteiger partial charge in [-0.25, -0.2) is 0 Å². The summed E-state index contributed by atoms with van der Waals surface area (Å²) in [6, 6.07) is 10.9. The van der Waals surface area contributed by atoms with E-state index in [-0.39, 0.29) is 17.7 Å². The lowest BCUT2D eigenvalue weighted by Crippen LogP contribution is -2.38. The van der Waals surface area contributed by atoms with E-state index in [0.717, 1.165) is 30.0 Å². The Hall–Kier alpha value is -2.89. The number of carbonyl (C=O) groups excluding carboxylic acids is 2. The first-order valence-electron chi connectivity index (χ1n) is 9.53. The average molecular weight is 381 g/mol. The molecule has 148 valence electrons. The van der Waals surface area contributed by atoms with Crippen molar-refractivity contribution in [3.63, 3.8) is 0 Å². The van der Waals surface area contributed by atoms with Crippen molar-refractivity contribution in [1.82, 2.24) is 14.8 Å². The summed E-state index contributed by atoms with van der Waals surface area (Å²) in [5, 5.41) is 0. The predicted octanol–water partition coefficient (Wildman–Crippen LogP) is 3.12. The fourth-order valence-corrected chi connectivity index (χ4v) is 3.58. The third-order valence-electron chi connectivity index (χ3n) is 5.21. The first-order valence-corrected chi connectivity index (χ1v) is 9.53. The van der Waals surface area contributed by atoms with Gasteiger partial charge in [-0.2, -0.15) is 0 Å². The molecule has 0 spiro atoms. The number of rotatable bonds is 4. The zero-order chi connectivity index (χ0) is 20.3. The van der Waals surface area contributed by atoms with Crippen molar-refractivity contribution < 1.29 is 14.3 Å². The monoisotopic (exact) mass is 381 g/mol. The molecule has 2 aromatic rings. The molecule has 1 aromatic carbocycles. The molecule has 1 aliphatic rings. The Bertz CT molecular complexity index is 854. The molecule has 0 bridgehead atoms. The lowest BCUT2D eigenvalue weighted by molar-refractivity contribution is 0.0708. The Morgan fingerprint density at radius 1 is 1.07 bits per heavy atom. The predicted molar refractivity (Wildman–Crippen MR) is 108 cm³/mol. The molecule has 0 N–H and O–H groups in total. The van der Waals surface area contributed by atoms with Gasteiger partial charge in [0, 0.05) is 44.4 Å². The van der Waals surface area contributed by atoms with Crippen molar-refractivity contribution in [2.24, 2.45) is 0 Å². The van der Waals surface area contributed by atoms with Gasteiger partial charge in [0.05, 0.1) is 18.4 Å². The summed E-state index contributed by atoms with van der Waals surface area (Å²) in [6.07, 6.45) is 1.60. The zero-order valence-electron chi connectivity index (χ0n) is 16.9. The Balaban J connectivity index is 1.72. The number of carbonyl (C=O) groups is 2. The summed E-state index contributed by atoms with van der Waals surface area (Å²) in [5.74, 6) is 0.916. The first kappa shape index (κ1) is 19.9. The highest BCUT2D eigenvalue weighted by molar-refractivity contribution is 5.95. The standard InChI is InChI=1S/C22H27N3O3/c1-15-5-10-19(22(27)24(2)3)20(23-15)16-11-13-25(14-12-16)21(26)17-6-8-18(28-4)9-7-17/h5-10,16H,11-14H2,1-4H3. The average Bonchev–Trinajstić information content (AvgIpc) is 2.72. The molecule has 28 heavy (non-hydrogen) atoms. The normalized spacial score (nSPS) is 14.6. The van der Waals surface area contributed by atoms with Crippen LogP contribution in [0.15, 0.2) is 36.4 Å². The number of pyridine rings is 1. The number of nitrogens with zero attached hydrogens (tertiary/aromatic N) is 3. The lowest BCUT2D eigenvalue weighted by atomic mass is 9.89. The van der Waals surface area contributed by atoms with Crippen LogP contribution in [0.1, 0.15) is 50.9 Å². The van der Waals surface area contributed by atoms with E-state index < -0.39 is 0 Å². The summed E-state index contributed by atoms with van der Waals surface area (Å²) in [7, 11) is 5.11. The minimum Gasteiger partial charge on any atom is -0.497 e. The van der Waals surface area contributed by atoms with Crippen molar-refractivity contribution in [2.75, 3.05) is 34.3 Å². The van der Waals surface area contributed by atoms with E-state index in [1.54, 1.807) is 50.4 Å². The third-order valence-corrected chi connectivity index (χ3v) is 5.21. The van der Waals surface area contributed by atoms with E-state index in [1.165, 1.54) is 0 Å². The van der Waals surface area contributed by atoms with Crippen molar-refractivity contribution in [1.29, 1.82) is 0 Å². The zero-order valence-corrected chi connectivity index (χ0v) is 16.9. The number of hydrogen-bond acceptors (Lipinski definition) is 4. The van der Waals surface area contributed by atoms with Gasteiger partial charge in [-0.3, -0.25) is 14.6 Å². The van der Waals surface area contributed by atoms with Gasteiger partial charge in [0.25, 0.3) is 11.8 Å². The smallest absolute Gasteiger partial charge is 0.255 e. The number of likely N-dealkylation sites (tertiary alicyclic amines) is 1. The Morgan fingerprint density at radius 3 is 2.29 bits per heavy atom. The molecule has 1 aromatic heterocycles. The minimum absolute atomic E-state index is 0.0285. The molecule has 0 saturated carbocycles. The first-order chi connectivity index (χ1) is 13.4. The third kappa shape index (κ3) is 4.16. The fraction of sp³-hybridized carbons (Fsp3) is 0.409. The Kier molecular flexibility index (Phi) is 5.97. The molecule has 0 unspecified atom stereocenters. The molecule has 1 fully saturated rings. The van der Waals surface area contributed by atoms with E-state index in [2.05, 4.69) is 4.98 Å². The van der Waals surface area contributed by atoms with Crippen LogP contribution in [-0.4, -0.2) is 60.9 Å². The van der Waals surface area contributed by atoms with Gasteiger partial charge in [-0.05, 0) is 56.2 Å². The highest BCUT2D eigenvalue weighted by Gasteiger charge is 2.28. The van der Waals surface area contributed by atoms with Crippen molar-refractivity contribution >= 4 is 11.8 Å². The van der Waals surface area contributed by atoms with Gasteiger partial charge in [0.2, 0.25) is 0 Å². The lowest BCUT2D eigenvalue weighted by Gasteiger charge is -2.32. The second kappa shape index (κ2) is 8.42. The van der Waals surface area contributed by atoms with Gasteiger partial charge in [0.15, 0.2) is 0 Å². The van der Waals surface area contributed by atoms with Gasteiger partial charge in [-0.1, -0.05) is 0 Å².